The molecule has 31 heavy (non-hydrogen) atoms. The molecule has 0 fully saturated rings. The quantitative estimate of drug-likeness (QED) is 0.257. The molecular weight excluding hydrogens is 406 g/mol. The zero-order chi connectivity index (χ0) is 20.9. The Morgan fingerprint density at radius 2 is 1.23 bits per heavy atom. The molecule has 2 aromatic heterocycles. The molecule has 0 amide bonds. The highest BCUT2D eigenvalue weighted by Crippen LogP contribution is 2.19. The smallest absolute Gasteiger partial charge is 0.113 e. The van der Waals surface area contributed by atoms with Crippen molar-refractivity contribution in [3.05, 3.63) is 78.9 Å². The summed E-state index contributed by atoms with van der Waals surface area (Å²) in [6.07, 6.45) is 1.05. The van der Waals surface area contributed by atoms with Crippen LogP contribution in [0.3, 0.4) is 0 Å². The number of benzene rings is 3. The van der Waals surface area contributed by atoms with Crippen LogP contribution in [-0.2, 0) is 13.3 Å². The van der Waals surface area contributed by atoms with E-state index in [0.29, 0.717) is 13.3 Å². The van der Waals surface area contributed by atoms with E-state index >= 15 is 0 Å². The molecule has 5 rings (SSSR count). The maximum atomic E-state index is 4.38. The molecule has 0 spiro atoms. The number of aromatic nitrogens is 6. The standard InChI is InChI=1S/C23H23N7S/c1-2-9-19(10-3-1)31-16-8-15-28(17-29-22-13-6-4-11-20(22)24-26-29)18-30-23-14-7-5-12-21(23)25-27-30/h1-7,9-14H,8,15-18H2. The molecule has 8 heteroatoms. The van der Waals surface area contributed by atoms with Gasteiger partial charge in [-0.1, -0.05) is 52.9 Å². The largest absolute Gasteiger partial charge is 0.265 e. The van der Waals surface area contributed by atoms with Gasteiger partial charge in [-0.05, 0) is 48.6 Å². The third-order valence-corrected chi connectivity index (χ3v) is 6.24. The normalized spacial score (nSPS) is 11.6. The lowest BCUT2D eigenvalue weighted by Gasteiger charge is -2.22. The molecule has 2 heterocycles. The first-order chi connectivity index (χ1) is 15.4. The molecule has 156 valence electrons. The average molecular weight is 430 g/mol. The summed E-state index contributed by atoms with van der Waals surface area (Å²) in [4.78, 5) is 3.65. The van der Waals surface area contributed by atoms with Gasteiger partial charge in [0.25, 0.3) is 0 Å². The highest BCUT2D eigenvalue weighted by molar-refractivity contribution is 7.99. The molecule has 0 saturated carbocycles. The third-order valence-electron chi connectivity index (χ3n) is 5.14. The van der Waals surface area contributed by atoms with Crippen molar-refractivity contribution in [2.45, 2.75) is 24.7 Å². The van der Waals surface area contributed by atoms with E-state index in [-0.39, 0.29) is 0 Å². The van der Waals surface area contributed by atoms with Crippen molar-refractivity contribution in [3.63, 3.8) is 0 Å². The van der Waals surface area contributed by atoms with Gasteiger partial charge in [-0.3, -0.25) is 4.90 Å². The molecule has 0 saturated heterocycles. The van der Waals surface area contributed by atoms with Gasteiger partial charge in [0.2, 0.25) is 0 Å². The topological polar surface area (TPSA) is 64.7 Å². The molecule has 0 aliphatic rings. The van der Waals surface area contributed by atoms with Gasteiger partial charge in [0, 0.05) is 11.4 Å². The van der Waals surface area contributed by atoms with Gasteiger partial charge in [0.05, 0.1) is 24.4 Å². The Morgan fingerprint density at radius 1 is 0.677 bits per heavy atom. The minimum atomic E-state index is 0.644. The summed E-state index contributed by atoms with van der Waals surface area (Å²) in [6.45, 7) is 2.21. The first kappa shape index (κ1) is 19.7. The summed E-state index contributed by atoms with van der Waals surface area (Å²) >= 11 is 1.89. The van der Waals surface area contributed by atoms with Gasteiger partial charge in [0.15, 0.2) is 0 Å². The lowest BCUT2D eigenvalue weighted by atomic mass is 10.3. The van der Waals surface area contributed by atoms with Crippen molar-refractivity contribution in [2.75, 3.05) is 12.3 Å². The fourth-order valence-electron chi connectivity index (χ4n) is 3.60. The van der Waals surface area contributed by atoms with Crippen LogP contribution in [0.5, 0.6) is 0 Å². The van der Waals surface area contributed by atoms with E-state index in [1.54, 1.807) is 0 Å². The second-order valence-electron chi connectivity index (χ2n) is 7.35. The molecule has 0 atom stereocenters. The second kappa shape index (κ2) is 9.28. The fraction of sp³-hybridized carbons (Fsp3) is 0.217. The average Bonchev–Trinajstić information content (AvgIpc) is 3.42. The maximum Gasteiger partial charge on any atom is 0.113 e. The monoisotopic (exact) mass is 429 g/mol. The van der Waals surface area contributed by atoms with Crippen LogP contribution in [0.1, 0.15) is 6.42 Å². The number of para-hydroxylation sites is 2. The molecule has 0 radical (unpaired) electrons. The lowest BCUT2D eigenvalue weighted by molar-refractivity contribution is 0.156. The van der Waals surface area contributed by atoms with E-state index in [2.05, 4.69) is 68.0 Å². The van der Waals surface area contributed by atoms with Crippen LogP contribution >= 0.6 is 11.8 Å². The van der Waals surface area contributed by atoms with Crippen LogP contribution in [0.15, 0.2) is 83.8 Å². The van der Waals surface area contributed by atoms with E-state index < -0.39 is 0 Å². The molecular formula is C23H23N7S. The fourth-order valence-corrected chi connectivity index (χ4v) is 4.46. The third kappa shape index (κ3) is 4.60. The van der Waals surface area contributed by atoms with Crippen LogP contribution < -0.4 is 0 Å². The molecule has 7 nitrogen and oxygen atoms in total. The first-order valence-corrected chi connectivity index (χ1v) is 11.3. The highest BCUT2D eigenvalue weighted by Gasteiger charge is 2.13. The summed E-state index contributed by atoms with van der Waals surface area (Å²) < 4.78 is 3.91. The minimum Gasteiger partial charge on any atom is -0.265 e. The molecule has 0 aliphatic heterocycles. The van der Waals surface area contributed by atoms with E-state index in [4.69, 9.17) is 0 Å². The lowest BCUT2D eigenvalue weighted by Crippen LogP contribution is -2.31. The number of thioether (sulfide) groups is 1. The van der Waals surface area contributed by atoms with E-state index in [0.717, 1.165) is 40.8 Å². The molecule has 0 bridgehead atoms. The van der Waals surface area contributed by atoms with Crippen LogP contribution in [-0.4, -0.2) is 47.2 Å². The summed E-state index contributed by atoms with van der Waals surface area (Å²) in [5, 5.41) is 17.4. The van der Waals surface area contributed by atoms with Crippen molar-refractivity contribution in [2.24, 2.45) is 0 Å². The summed E-state index contributed by atoms with van der Waals surface area (Å²) in [5.41, 5.74) is 3.89. The number of rotatable bonds is 9. The number of hydrogen-bond donors (Lipinski definition) is 0. The van der Waals surface area contributed by atoms with Gasteiger partial charge in [-0.15, -0.1) is 22.0 Å². The first-order valence-electron chi connectivity index (χ1n) is 10.3. The molecule has 0 unspecified atom stereocenters. The molecule has 0 N–H and O–H groups in total. The van der Waals surface area contributed by atoms with Crippen molar-refractivity contribution in [1.29, 1.82) is 0 Å². The Kier molecular flexibility index (Phi) is 5.90. The minimum absolute atomic E-state index is 0.644. The Labute approximate surface area is 184 Å². The predicted molar refractivity (Wildman–Crippen MR) is 124 cm³/mol. The Bertz CT molecular complexity index is 1190. The molecule has 0 aliphatic carbocycles. The zero-order valence-electron chi connectivity index (χ0n) is 17.1. The number of hydrogen-bond acceptors (Lipinski definition) is 6. The van der Waals surface area contributed by atoms with Gasteiger partial charge < -0.3 is 0 Å². The predicted octanol–water partition coefficient (Wildman–Crippen LogP) is 4.28. The van der Waals surface area contributed by atoms with Crippen molar-refractivity contribution in [3.8, 4) is 0 Å². The highest BCUT2D eigenvalue weighted by atomic mass is 32.2. The van der Waals surface area contributed by atoms with Crippen LogP contribution in [0.2, 0.25) is 0 Å². The summed E-state index contributed by atoms with van der Waals surface area (Å²) in [5.74, 6) is 1.05. The van der Waals surface area contributed by atoms with Gasteiger partial charge in [-0.2, -0.15) is 0 Å². The van der Waals surface area contributed by atoms with Gasteiger partial charge >= 0.3 is 0 Å². The molecule has 5 aromatic rings. The van der Waals surface area contributed by atoms with E-state index in [1.165, 1.54) is 4.90 Å². The Hall–Kier alpha value is -3.23. The maximum absolute atomic E-state index is 4.38. The summed E-state index contributed by atoms with van der Waals surface area (Å²) in [7, 11) is 0. The van der Waals surface area contributed by atoms with Crippen molar-refractivity contribution in [1.82, 2.24) is 34.9 Å². The SMILES string of the molecule is c1ccc(SCCCN(Cn2nnc3ccccc32)Cn2nnc3ccccc32)cc1. The second-order valence-corrected chi connectivity index (χ2v) is 8.52. The zero-order valence-corrected chi connectivity index (χ0v) is 17.9. The number of fused-ring (bicyclic) bond motifs is 2. The number of nitrogens with zero attached hydrogens (tertiary/aromatic N) is 7. The van der Waals surface area contributed by atoms with Gasteiger partial charge in [0.1, 0.15) is 11.0 Å². The molecule has 3 aromatic carbocycles. The summed E-state index contributed by atoms with van der Waals surface area (Å²) in [6, 6.07) is 26.7. The van der Waals surface area contributed by atoms with Crippen LogP contribution in [0.25, 0.3) is 22.1 Å². The van der Waals surface area contributed by atoms with E-state index in [9.17, 15) is 0 Å². The van der Waals surface area contributed by atoms with Gasteiger partial charge in [-0.25, -0.2) is 9.36 Å². The van der Waals surface area contributed by atoms with Crippen LogP contribution in [0, 0.1) is 0 Å². The Balaban J connectivity index is 1.31. The Morgan fingerprint density at radius 3 is 1.84 bits per heavy atom. The van der Waals surface area contributed by atoms with Crippen molar-refractivity contribution < 1.29 is 0 Å². The van der Waals surface area contributed by atoms with Crippen LogP contribution in [0.4, 0.5) is 0 Å². The van der Waals surface area contributed by atoms with Crippen molar-refractivity contribution >= 4 is 33.8 Å². The van der Waals surface area contributed by atoms with E-state index in [1.807, 2.05) is 57.5 Å².